The normalized spacial score (nSPS) is 11.5. The second-order valence-corrected chi connectivity index (χ2v) is 26.7. The number of hydrogen-bond acceptors (Lipinski definition) is 1. The Morgan fingerprint density at radius 3 is 0.761 bits per heavy atom. The second kappa shape index (κ2) is 22.1. The Balaban J connectivity index is 1.28. The number of rotatable bonds is 18. The topological polar surface area (TPSA) is 3.24 Å². The highest BCUT2D eigenvalue weighted by atomic mass is 31.2. The van der Waals surface area contributed by atoms with Crippen LogP contribution in [0.5, 0.6) is 0 Å². The van der Waals surface area contributed by atoms with Crippen LogP contribution in [0.4, 0.5) is 5.69 Å². The highest BCUT2D eigenvalue weighted by Gasteiger charge is 2.35. The SMILES string of the molecule is CCC[Si](CCC)(CCC)c1ccc(N(P(c2ccc(-c3ccccc3)cc2)c2ccc(-c3ccccc3)cc2)P(c2ccc(-c3ccccc3)cc2)c2ccc(-c3ccccc3)cc2)cc1. The van der Waals surface area contributed by atoms with Crippen molar-refractivity contribution in [1.82, 2.24) is 0 Å². The zero-order valence-electron chi connectivity index (χ0n) is 39.2. The summed E-state index contributed by atoms with van der Waals surface area (Å²) in [5.74, 6) is 0. The van der Waals surface area contributed by atoms with Gasteiger partial charge in [-0.05, 0) is 56.6 Å². The van der Waals surface area contributed by atoms with Gasteiger partial charge >= 0.3 is 0 Å². The minimum absolute atomic E-state index is 1.13. The van der Waals surface area contributed by atoms with E-state index in [2.05, 4.69) is 268 Å². The maximum absolute atomic E-state index is 2.86. The van der Waals surface area contributed by atoms with E-state index >= 15 is 0 Å². The minimum Gasteiger partial charge on any atom is -0.313 e. The lowest BCUT2D eigenvalue weighted by Gasteiger charge is -2.41. The molecular weight excluding hydrogens is 861 g/mol. The van der Waals surface area contributed by atoms with Crippen molar-refractivity contribution < 1.29 is 0 Å². The highest BCUT2D eigenvalue weighted by Crippen LogP contribution is 2.57. The first kappa shape index (κ1) is 46.0. The molecule has 0 aliphatic carbocycles. The van der Waals surface area contributed by atoms with E-state index in [1.54, 1.807) is 5.19 Å². The lowest BCUT2D eigenvalue weighted by atomic mass is 10.1. The van der Waals surface area contributed by atoms with Gasteiger partial charge < -0.3 is 4.44 Å². The number of benzene rings is 9. The summed E-state index contributed by atoms with van der Waals surface area (Å²) in [6.45, 7) is 7.17. The van der Waals surface area contributed by atoms with Crippen LogP contribution in [0.2, 0.25) is 18.1 Å². The molecule has 9 rings (SSSR count). The molecule has 0 spiro atoms. The van der Waals surface area contributed by atoms with Crippen molar-refractivity contribution >= 4 is 56.3 Å². The molecule has 0 bridgehead atoms. The summed E-state index contributed by atoms with van der Waals surface area (Å²) in [7, 11) is -3.96. The summed E-state index contributed by atoms with van der Waals surface area (Å²) in [5, 5.41) is 6.92. The molecule has 0 radical (unpaired) electrons. The maximum Gasteiger partial charge on any atom is 0.0866 e. The van der Waals surface area contributed by atoms with Gasteiger partial charge in [0, 0.05) is 26.9 Å². The zero-order valence-corrected chi connectivity index (χ0v) is 42.0. The van der Waals surface area contributed by atoms with E-state index in [9.17, 15) is 0 Å². The Morgan fingerprint density at radius 2 is 0.522 bits per heavy atom. The minimum atomic E-state index is -1.70. The molecule has 9 aromatic rings. The first-order valence-corrected chi connectivity index (χ1v) is 29.4. The van der Waals surface area contributed by atoms with Crippen LogP contribution < -0.4 is 30.8 Å². The molecule has 0 aromatic heterocycles. The molecule has 0 fully saturated rings. The van der Waals surface area contributed by atoms with Gasteiger partial charge in [0.15, 0.2) is 0 Å². The predicted octanol–water partition coefficient (Wildman–Crippen LogP) is 16.1. The molecule has 0 N–H and O–H groups in total. The quantitative estimate of drug-likeness (QED) is 0.0612. The smallest absolute Gasteiger partial charge is 0.0866 e. The first-order chi connectivity index (χ1) is 33.1. The molecule has 0 atom stereocenters. The molecule has 0 aliphatic rings. The van der Waals surface area contributed by atoms with Crippen LogP contribution in [0.1, 0.15) is 40.0 Å². The zero-order chi connectivity index (χ0) is 45.8. The van der Waals surface area contributed by atoms with E-state index in [1.165, 1.54) is 109 Å². The lowest BCUT2D eigenvalue weighted by molar-refractivity contribution is 0.937. The van der Waals surface area contributed by atoms with Crippen LogP contribution in [0, 0.1) is 0 Å². The van der Waals surface area contributed by atoms with Gasteiger partial charge in [-0.1, -0.05) is 294 Å². The van der Waals surface area contributed by atoms with Gasteiger partial charge in [-0.25, -0.2) is 0 Å². The van der Waals surface area contributed by atoms with E-state index in [0.717, 1.165) is 0 Å². The fourth-order valence-electron chi connectivity index (χ4n) is 9.95. The Labute approximate surface area is 403 Å². The van der Waals surface area contributed by atoms with Crippen molar-refractivity contribution in [3.8, 4) is 44.5 Å². The molecule has 0 unspecified atom stereocenters. The third-order valence-corrected chi connectivity index (χ3v) is 24.5. The van der Waals surface area contributed by atoms with Gasteiger partial charge in [-0.2, -0.15) is 0 Å². The molecule has 67 heavy (non-hydrogen) atoms. The molecule has 1 nitrogen and oxygen atoms in total. The van der Waals surface area contributed by atoms with Crippen LogP contribution in [-0.2, 0) is 0 Å². The van der Waals surface area contributed by atoms with Gasteiger partial charge in [-0.3, -0.25) is 0 Å². The molecule has 4 heteroatoms. The predicted molar refractivity (Wildman–Crippen MR) is 299 cm³/mol. The Hall–Kier alpha value is -6.14. The molecule has 0 saturated carbocycles. The third-order valence-electron chi connectivity index (χ3n) is 13.2. The van der Waals surface area contributed by atoms with Crippen LogP contribution in [0.3, 0.4) is 0 Å². The van der Waals surface area contributed by atoms with Crippen LogP contribution in [-0.4, -0.2) is 8.07 Å². The average Bonchev–Trinajstić information content (AvgIpc) is 3.40. The van der Waals surface area contributed by atoms with Crippen LogP contribution >= 0.6 is 16.1 Å². The summed E-state index contributed by atoms with van der Waals surface area (Å²) in [6.07, 6.45) is 3.73. The number of hydrogen-bond donors (Lipinski definition) is 0. The summed E-state index contributed by atoms with van der Waals surface area (Å²) in [4.78, 5) is 0. The molecule has 332 valence electrons. The van der Waals surface area contributed by atoms with Gasteiger partial charge in [0.1, 0.15) is 0 Å². The van der Waals surface area contributed by atoms with Crippen molar-refractivity contribution in [1.29, 1.82) is 0 Å². The van der Waals surface area contributed by atoms with E-state index in [1.807, 2.05) is 0 Å². The monoisotopic (exact) mass is 921 g/mol. The molecule has 0 amide bonds. The largest absolute Gasteiger partial charge is 0.313 e. The Kier molecular flexibility index (Phi) is 15.2. The van der Waals surface area contributed by atoms with Gasteiger partial charge in [0.25, 0.3) is 0 Å². The standard InChI is InChI=1S/C63H61NP2Si/c1-4-47-67(48-5-2,49-6-3)63-45-35-58(36-46-63)64(65(59-37-27-54(28-38-59)50-19-11-7-12-20-50)60-39-29-55(30-40-60)51-21-13-8-14-22-51)66(61-41-31-56(32-42-61)52-23-15-9-16-24-52)62-43-33-57(34-44-62)53-25-17-10-18-26-53/h7-46H,4-6,47-49H2,1-3H3. The van der Waals surface area contributed by atoms with Crippen molar-refractivity contribution in [2.75, 3.05) is 4.44 Å². The van der Waals surface area contributed by atoms with Crippen molar-refractivity contribution in [3.63, 3.8) is 0 Å². The van der Waals surface area contributed by atoms with Gasteiger partial charge in [0.2, 0.25) is 0 Å². The molecule has 0 saturated heterocycles. The molecular formula is C63H61NP2Si. The Bertz CT molecular complexity index is 2540. The van der Waals surface area contributed by atoms with Gasteiger partial charge in [0.05, 0.1) is 24.2 Å². The lowest BCUT2D eigenvalue weighted by Crippen LogP contribution is -2.47. The summed E-state index contributed by atoms with van der Waals surface area (Å²) < 4.78 is 2.86. The average molecular weight is 922 g/mol. The molecule has 0 aliphatic heterocycles. The molecule has 0 heterocycles. The summed E-state index contributed by atoms with van der Waals surface area (Å²) in [6, 6.07) is 95.3. The third kappa shape index (κ3) is 10.5. The van der Waals surface area contributed by atoms with Crippen molar-refractivity contribution in [2.45, 2.75) is 58.2 Å². The maximum atomic E-state index is 2.86. The number of anilines is 1. The van der Waals surface area contributed by atoms with E-state index in [4.69, 9.17) is 0 Å². The molecule has 9 aromatic carbocycles. The fraction of sp³-hybridized carbons (Fsp3) is 0.143. The van der Waals surface area contributed by atoms with Crippen LogP contribution in [0.25, 0.3) is 44.5 Å². The van der Waals surface area contributed by atoms with Gasteiger partial charge in [-0.15, -0.1) is 0 Å². The number of nitrogens with zero attached hydrogens (tertiary/aromatic N) is 1. The van der Waals surface area contributed by atoms with E-state index in [-0.39, 0.29) is 0 Å². The van der Waals surface area contributed by atoms with E-state index in [0.29, 0.717) is 0 Å². The Morgan fingerprint density at radius 1 is 0.284 bits per heavy atom. The highest BCUT2D eigenvalue weighted by molar-refractivity contribution is 7.90. The summed E-state index contributed by atoms with van der Waals surface area (Å²) >= 11 is 0. The first-order valence-electron chi connectivity index (χ1n) is 24.2. The summed E-state index contributed by atoms with van der Waals surface area (Å²) in [5.41, 5.74) is 11.1. The fourth-order valence-corrected chi connectivity index (χ4v) is 21.2. The second-order valence-electron chi connectivity index (χ2n) is 17.6. The van der Waals surface area contributed by atoms with Crippen molar-refractivity contribution in [3.05, 3.63) is 243 Å². The van der Waals surface area contributed by atoms with E-state index < -0.39 is 24.2 Å². The van der Waals surface area contributed by atoms with Crippen LogP contribution in [0.15, 0.2) is 243 Å². The van der Waals surface area contributed by atoms with Crippen molar-refractivity contribution in [2.24, 2.45) is 0 Å².